The first kappa shape index (κ1) is 19.1. The average molecular weight is 221 g/mol. The van der Waals surface area contributed by atoms with Crippen LogP contribution in [0.25, 0.3) is 0 Å². The van der Waals surface area contributed by atoms with Gasteiger partial charge in [0.2, 0.25) is 6.41 Å². The summed E-state index contributed by atoms with van der Waals surface area (Å²) in [6.07, 6.45) is 0.750. The Balaban J connectivity index is -0.000000147. The van der Waals surface area contributed by atoms with Crippen molar-refractivity contribution in [1.82, 2.24) is 4.90 Å². The Morgan fingerprint density at radius 1 is 1.33 bits per heavy atom. The molecule has 1 N–H and O–H groups in total. The summed E-state index contributed by atoms with van der Waals surface area (Å²) in [6, 6.07) is 0. The molecule has 0 unspecified atom stereocenters. The molecule has 0 atom stereocenters. The number of carbonyl (C=O) groups is 3. The van der Waals surface area contributed by atoms with Gasteiger partial charge in [-0.3, -0.25) is 14.4 Å². The molecule has 0 aromatic rings. The molecule has 0 aromatic carbocycles. The van der Waals surface area contributed by atoms with Crippen LogP contribution in [0, 0.1) is 0 Å². The van der Waals surface area contributed by atoms with Crippen LogP contribution in [-0.2, 0) is 19.1 Å². The van der Waals surface area contributed by atoms with Gasteiger partial charge in [-0.05, 0) is 6.92 Å². The van der Waals surface area contributed by atoms with Crippen LogP contribution in [0.5, 0.6) is 0 Å². The summed E-state index contributed by atoms with van der Waals surface area (Å²) in [6.45, 7) is 4.74. The summed E-state index contributed by atoms with van der Waals surface area (Å²) in [5.74, 6) is -1.04. The van der Waals surface area contributed by atoms with Gasteiger partial charge >= 0.3 is 5.97 Å². The summed E-state index contributed by atoms with van der Waals surface area (Å²) < 4.78 is 4.40. The van der Waals surface area contributed by atoms with Crippen molar-refractivity contribution in [2.24, 2.45) is 0 Å². The van der Waals surface area contributed by atoms with E-state index in [1.54, 1.807) is 21.0 Å². The maximum Gasteiger partial charge on any atom is 0.302 e. The molecule has 0 radical (unpaired) electrons. The lowest BCUT2D eigenvalue weighted by Gasteiger charge is -1.93. The molecule has 15 heavy (non-hydrogen) atoms. The number of carboxylic acid groups (broad SMARTS) is 1. The van der Waals surface area contributed by atoms with Gasteiger partial charge in [-0.15, -0.1) is 0 Å². The predicted molar refractivity (Wildman–Crippen MR) is 55.4 cm³/mol. The molecule has 0 heterocycles. The van der Waals surface area contributed by atoms with Crippen molar-refractivity contribution in [3.63, 3.8) is 0 Å². The smallest absolute Gasteiger partial charge is 0.302 e. The summed E-state index contributed by atoms with van der Waals surface area (Å²) in [5, 5.41) is 7.42. The molecule has 0 fully saturated rings. The Hall–Kier alpha value is -1.59. The monoisotopic (exact) mass is 221 g/mol. The number of ether oxygens (including phenoxy) is 1. The number of nitrogens with zero attached hydrogens (tertiary/aromatic N) is 1. The quantitative estimate of drug-likeness (QED) is 0.537. The van der Waals surface area contributed by atoms with E-state index in [0.717, 1.165) is 13.3 Å². The molecule has 6 nitrogen and oxygen atoms in total. The van der Waals surface area contributed by atoms with Crippen molar-refractivity contribution >= 4 is 18.3 Å². The topological polar surface area (TPSA) is 83.9 Å². The minimum absolute atomic E-state index is 0.211. The Kier molecular flexibility index (Phi) is 18.9. The van der Waals surface area contributed by atoms with Crippen molar-refractivity contribution in [2.75, 3.05) is 20.7 Å². The van der Waals surface area contributed by atoms with Crippen LogP contribution >= 0.6 is 0 Å². The van der Waals surface area contributed by atoms with E-state index in [-0.39, 0.29) is 5.97 Å². The number of rotatable bonds is 2. The third-order valence-electron chi connectivity index (χ3n) is 0.558. The fraction of sp³-hybridized carbons (Fsp3) is 0.667. The fourth-order valence-corrected chi connectivity index (χ4v) is 0.203. The molecule has 0 bridgehead atoms. The molecule has 0 saturated heterocycles. The number of esters is 1. The highest BCUT2D eigenvalue weighted by atomic mass is 16.5. The lowest BCUT2D eigenvalue weighted by atomic mass is 10.8. The van der Waals surface area contributed by atoms with Gasteiger partial charge in [-0.1, -0.05) is 0 Å². The number of carboxylic acids is 1. The number of amides is 1. The summed E-state index contributed by atoms with van der Waals surface area (Å²) in [5.41, 5.74) is 0. The first-order chi connectivity index (χ1) is 6.77. The zero-order chi connectivity index (χ0) is 12.9. The summed E-state index contributed by atoms with van der Waals surface area (Å²) >= 11 is 0. The van der Waals surface area contributed by atoms with Crippen molar-refractivity contribution in [3.8, 4) is 0 Å². The maximum atomic E-state index is 9.82. The maximum absolute atomic E-state index is 9.82. The molecular formula is C9H19NO5. The van der Waals surface area contributed by atoms with Gasteiger partial charge in [0.05, 0.1) is 6.61 Å². The van der Waals surface area contributed by atoms with E-state index in [1.807, 2.05) is 0 Å². The van der Waals surface area contributed by atoms with Crippen LogP contribution in [-0.4, -0.2) is 49.1 Å². The minimum atomic E-state index is -0.833. The standard InChI is InChI=1S/C4H8O2.C3H7NO.C2H4O2/c1-3-6-4(2)5;1-4(2)3-5;1-2(3)4/h3H2,1-2H3;3H,1-2H3;1H3,(H,3,4). The molecule has 0 rings (SSSR count). The van der Waals surface area contributed by atoms with Crippen molar-refractivity contribution in [2.45, 2.75) is 20.8 Å². The van der Waals surface area contributed by atoms with Crippen molar-refractivity contribution in [1.29, 1.82) is 0 Å². The van der Waals surface area contributed by atoms with E-state index in [9.17, 15) is 9.59 Å². The highest BCUT2D eigenvalue weighted by Crippen LogP contribution is 1.69. The molecule has 1 amide bonds. The van der Waals surface area contributed by atoms with Gasteiger partial charge < -0.3 is 14.7 Å². The van der Waals surface area contributed by atoms with Crippen LogP contribution in [0.15, 0.2) is 0 Å². The minimum Gasteiger partial charge on any atom is -0.481 e. The molecule has 0 aliphatic heterocycles. The summed E-state index contributed by atoms with van der Waals surface area (Å²) in [7, 11) is 3.38. The van der Waals surface area contributed by atoms with Crippen molar-refractivity contribution < 1.29 is 24.2 Å². The predicted octanol–water partition coefficient (Wildman–Crippen LogP) is 0.365. The Morgan fingerprint density at radius 3 is 1.60 bits per heavy atom. The summed E-state index contributed by atoms with van der Waals surface area (Å²) in [4.78, 5) is 29.7. The highest BCUT2D eigenvalue weighted by Gasteiger charge is 1.81. The molecular weight excluding hydrogens is 202 g/mol. The van der Waals surface area contributed by atoms with Gasteiger partial charge in [0.1, 0.15) is 0 Å². The number of hydrogen-bond acceptors (Lipinski definition) is 4. The molecule has 0 spiro atoms. The Bertz CT molecular complexity index is 175. The van der Waals surface area contributed by atoms with Gasteiger partial charge in [0.15, 0.2) is 0 Å². The zero-order valence-corrected chi connectivity index (χ0v) is 9.81. The first-order valence-electron chi connectivity index (χ1n) is 4.22. The molecule has 0 saturated carbocycles. The largest absolute Gasteiger partial charge is 0.481 e. The van der Waals surface area contributed by atoms with Gasteiger partial charge in [0, 0.05) is 27.9 Å². The van der Waals surface area contributed by atoms with Gasteiger partial charge in [-0.25, -0.2) is 0 Å². The van der Waals surface area contributed by atoms with E-state index >= 15 is 0 Å². The third-order valence-corrected chi connectivity index (χ3v) is 0.558. The second kappa shape index (κ2) is 14.9. The zero-order valence-electron chi connectivity index (χ0n) is 9.81. The lowest BCUT2D eigenvalue weighted by Crippen LogP contribution is -2.06. The van der Waals surface area contributed by atoms with Crippen LogP contribution in [0.4, 0.5) is 0 Å². The van der Waals surface area contributed by atoms with Crippen molar-refractivity contribution in [3.05, 3.63) is 0 Å². The molecule has 90 valence electrons. The molecule has 6 heteroatoms. The molecule has 0 aromatic heterocycles. The molecule has 0 aliphatic carbocycles. The van der Waals surface area contributed by atoms with E-state index in [1.165, 1.54) is 11.8 Å². The first-order valence-corrected chi connectivity index (χ1v) is 4.22. The second-order valence-electron chi connectivity index (χ2n) is 2.51. The lowest BCUT2D eigenvalue weighted by molar-refractivity contribution is -0.140. The van der Waals surface area contributed by atoms with E-state index in [4.69, 9.17) is 9.90 Å². The van der Waals surface area contributed by atoms with E-state index in [2.05, 4.69) is 4.74 Å². The number of hydrogen-bond donors (Lipinski definition) is 1. The SMILES string of the molecule is CC(=O)O.CCOC(C)=O.CN(C)C=O. The second-order valence-corrected chi connectivity index (χ2v) is 2.51. The number of carbonyl (C=O) groups excluding carboxylic acids is 2. The molecule has 0 aliphatic rings. The highest BCUT2D eigenvalue weighted by molar-refractivity contribution is 5.65. The van der Waals surface area contributed by atoms with Crippen LogP contribution < -0.4 is 0 Å². The third kappa shape index (κ3) is 116. The van der Waals surface area contributed by atoms with Gasteiger partial charge in [0.25, 0.3) is 5.97 Å². The van der Waals surface area contributed by atoms with E-state index < -0.39 is 5.97 Å². The average Bonchev–Trinajstić information content (AvgIpc) is 2.03. The van der Waals surface area contributed by atoms with E-state index in [0.29, 0.717) is 6.61 Å². The van der Waals surface area contributed by atoms with Crippen LogP contribution in [0.2, 0.25) is 0 Å². The Labute approximate surface area is 89.8 Å². The number of aliphatic carboxylic acids is 1. The fourth-order valence-electron chi connectivity index (χ4n) is 0.203. The van der Waals surface area contributed by atoms with Gasteiger partial charge in [-0.2, -0.15) is 0 Å². The van der Waals surface area contributed by atoms with Crippen LogP contribution in [0.3, 0.4) is 0 Å². The van der Waals surface area contributed by atoms with Crippen LogP contribution in [0.1, 0.15) is 20.8 Å². The Morgan fingerprint density at radius 2 is 1.60 bits per heavy atom. The normalized spacial score (nSPS) is 7.00.